The highest BCUT2D eigenvalue weighted by Gasteiger charge is 2.11. The summed E-state index contributed by atoms with van der Waals surface area (Å²) in [7, 11) is 0. The number of rotatable bonds is 3. The molecule has 2 aromatic rings. The van der Waals surface area contributed by atoms with Crippen LogP contribution in [0.1, 0.15) is 22.8 Å². The third-order valence-corrected chi connectivity index (χ3v) is 2.85. The number of nitrogen functional groups attached to an aromatic ring is 1. The highest BCUT2D eigenvalue weighted by Crippen LogP contribution is 2.14. The molecule has 0 fully saturated rings. The Morgan fingerprint density at radius 3 is 2.69 bits per heavy atom. The van der Waals surface area contributed by atoms with E-state index in [-0.39, 0.29) is 0 Å². The lowest BCUT2D eigenvalue weighted by Gasteiger charge is -2.00. The molecular weight excluding hydrogens is 226 g/mol. The van der Waals surface area contributed by atoms with Gasteiger partial charge < -0.3 is 10.4 Å². The molecule has 0 aromatic carbocycles. The number of nitrogens with zero attached hydrogens (tertiary/aromatic N) is 3. The van der Waals surface area contributed by atoms with Crippen molar-refractivity contribution in [3.63, 3.8) is 0 Å². The van der Waals surface area contributed by atoms with Gasteiger partial charge in [0.2, 0.25) is 4.77 Å². The number of hydrogen-bond donors (Lipinski definition) is 2. The molecule has 0 atom stereocenters. The quantitative estimate of drug-likeness (QED) is 0.617. The molecule has 16 heavy (non-hydrogen) atoms. The first-order chi connectivity index (χ1) is 7.59. The van der Waals surface area contributed by atoms with Crippen LogP contribution in [0, 0.1) is 18.6 Å². The van der Waals surface area contributed by atoms with E-state index in [0.29, 0.717) is 11.2 Å². The summed E-state index contributed by atoms with van der Waals surface area (Å²) < 4.78 is 6.89. The molecule has 0 amide bonds. The predicted octanol–water partition coefficient (Wildman–Crippen LogP) is 1.04. The third kappa shape index (κ3) is 1.85. The molecule has 0 bridgehead atoms. The van der Waals surface area contributed by atoms with Gasteiger partial charge in [0.25, 0.3) is 0 Å². The molecule has 3 N–H and O–H groups in total. The summed E-state index contributed by atoms with van der Waals surface area (Å²) in [6.45, 7) is 3.82. The molecule has 7 heteroatoms. The van der Waals surface area contributed by atoms with Crippen molar-refractivity contribution in [2.75, 3.05) is 5.84 Å². The summed E-state index contributed by atoms with van der Waals surface area (Å²) in [4.78, 5) is 0. The van der Waals surface area contributed by atoms with Crippen LogP contribution in [0.2, 0.25) is 0 Å². The van der Waals surface area contributed by atoms with Gasteiger partial charge >= 0.3 is 0 Å². The minimum absolute atomic E-state index is 0.425. The van der Waals surface area contributed by atoms with Gasteiger partial charge in [0, 0.05) is 12.0 Å². The zero-order chi connectivity index (χ0) is 11.7. The molecule has 0 saturated heterocycles. The number of nitrogens with one attached hydrogen (secondary N) is 1. The Hall–Kier alpha value is -1.63. The molecule has 2 aromatic heterocycles. The van der Waals surface area contributed by atoms with Crippen LogP contribution in [0.4, 0.5) is 0 Å². The second-order valence-electron chi connectivity index (χ2n) is 3.62. The van der Waals surface area contributed by atoms with E-state index < -0.39 is 0 Å². The van der Waals surface area contributed by atoms with Crippen molar-refractivity contribution < 1.29 is 4.52 Å². The van der Waals surface area contributed by atoms with E-state index in [1.54, 1.807) is 0 Å². The van der Waals surface area contributed by atoms with Crippen LogP contribution >= 0.6 is 12.2 Å². The maximum Gasteiger partial charge on any atom is 0.214 e. The van der Waals surface area contributed by atoms with E-state index >= 15 is 0 Å². The number of aromatic amines is 1. The Morgan fingerprint density at radius 2 is 2.19 bits per heavy atom. The lowest BCUT2D eigenvalue weighted by Crippen LogP contribution is -2.13. The molecule has 0 aliphatic carbocycles. The summed E-state index contributed by atoms with van der Waals surface area (Å²) in [6.07, 6.45) is 1.49. The predicted molar refractivity (Wildman–Crippen MR) is 60.9 cm³/mol. The van der Waals surface area contributed by atoms with Gasteiger partial charge in [0.05, 0.1) is 5.69 Å². The van der Waals surface area contributed by atoms with Crippen molar-refractivity contribution in [3.05, 3.63) is 27.6 Å². The fourth-order valence-corrected chi connectivity index (χ4v) is 1.76. The van der Waals surface area contributed by atoms with Gasteiger partial charge in [-0.1, -0.05) is 5.16 Å². The minimum atomic E-state index is 0.425. The monoisotopic (exact) mass is 239 g/mol. The van der Waals surface area contributed by atoms with E-state index in [2.05, 4.69) is 15.4 Å². The molecular formula is C9H13N5OS. The number of hydrogen-bond acceptors (Lipinski definition) is 5. The average Bonchev–Trinajstić information content (AvgIpc) is 2.73. The van der Waals surface area contributed by atoms with Crippen LogP contribution in [0.15, 0.2) is 4.52 Å². The van der Waals surface area contributed by atoms with Crippen molar-refractivity contribution >= 4 is 12.2 Å². The van der Waals surface area contributed by atoms with Crippen LogP contribution in [0.25, 0.3) is 0 Å². The summed E-state index contributed by atoms with van der Waals surface area (Å²) in [5.41, 5.74) is 2.02. The Labute approximate surface area is 97.4 Å². The van der Waals surface area contributed by atoms with E-state index in [9.17, 15) is 0 Å². The SMILES string of the molecule is Cc1noc(C)c1CCc1n[nH]c(=S)n1N. The van der Waals surface area contributed by atoms with Crippen LogP contribution in [0.5, 0.6) is 0 Å². The first-order valence-corrected chi connectivity index (χ1v) is 5.33. The zero-order valence-electron chi connectivity index (χ0n) is 9.15. The van der Waals surface area contributed by atoms with Crippen molar-refractivity contribution in [2.45, 2.75) is 26.7 Å². The lowest BCUT2D eigenvalue weighted by molar-refractivity contribution is 0.392. The van der Waals surface area contributed by atoms with Crippen molar-refractivity contribution in [1.29, 1.82) is 0 Å². The summed E-state index contributed by atoms with van der Waals surface area (Å²) in [5, 5.41) is 10.6. The first kappa shape index (κ1) is 10.9. The van der Waals surface area contributed by atoms with Crippen molar-refractivity contribution in [3.8, 4) is 0 Å². The number of aromatic nitrogens is 4. The van der Waals surface area contributed by atoms with Gasteiger partial charge in [0.1, 0.15) is 5.76 Å². The molecule has 0 spiro atoms. The Kier molecular flexibility index (Phi) is 2.78. The normalized spacial score (nSPS) is 10.9. The maximum absolute atomic E-state index is 5.70. The molecule has 0 aliphatic rings. The van der Waals surface area contributed by atoms with Crippen LogP contribution < -0.4 is 5.84 Å². The van der Waals surface area contributed by atoms with Gasteiger partial charge in [0.15, 0.2) is 5.82 Å². The maximum atomic E-state index is 5.70. The molecule has 6 nitrogen and oxygen atoms in total. The van der Waals surface area contributed by atoms with Gasteiger partial charge in [-0.2, -0.15) is 5.10 Å². The molecule has 86 valence electrons. The van der Waals surface area contributed by atoms with Gasteiger partial charge in [-0.25, -0.2) is 4.68 Å². The van der Waals surface area contributed by atoms with Gasteiger partial charge in [-0.05, 0) is 32.5 Å². The lowest BCUT2D eigenvalue weighted by atomic mass is 10.1. The highest BCUT2D eigenvalue weighted by atomic mass is 32.1. The highest BCUT2D eigenvalue weighted by molar-refractivity contribution is 7.71. The van der Waals surface area contributed by atoms with Crippen molar-refractivity contribution in [2.24, 2.45) is 0 Å². The van der Waals surface area contributed by atoms with Gasteiger partial charge in [-0.15, -0.1) is 0 Å². The van der Waals surface area contributed by atoms with E-state index in [4.69, 9.17) is 22.6 Å². The third-order valence-electron chi connectivity index (χ3n) is 2.56. The molecule has 2 heterocycles. The van der Waals surface area contributed by atoms with Crippen molar-refractivity contribution in [1.82, 2.24) is 20.0 Å². The molecule has 2 rings (SSSR count). The second-order valence-corrected chi connectivity index (χ2v) is 4.00. The topological polar surface area (TPSA) is 85.7 Å². The van der Waals surface area contributed by atoms with E-state index in [0.717, 1.165) is 29.3 Å². The minimum Gasteiger partial charge on any atom is -0.361 e. The number of nitrogens with two attached hydrogens (primary N) is 1. The summed E-state index contributed by atoms with van der Waals surface area (Å²) in [5.74, 6) is 7.27. The Balaban J connectivity index is 2.14. The Morgan fingerprint density at radius 1 is 1.44 bits per heavy atom. The van der Waals surface area contributed by atoms with E-state index in [1.807, 2.05) is 13.8 Å². The standard InChI is InChI=1S/C9H13N5OS/c1-5-7(6(2)15-13-5)3-4-8-11-12-9(16)14(8)10/h3-4,10H2,1-2H3,(H,12,16). The average molecular weight is 239 g/mol. The Bertz CT molecular complexity index is 533. The zero-order valence-corrected chi connectivity index (χ0v) is 9.97. The molecule has 0 radical (unpaired) electrons. The fraction of sp³-hybridized carbons (Fsp3) is 0.444. The number of aryl methyl sites for hydroxylation is 3. The van der Waals surface area contributed by atoms with E-state index in [1.165, 1.54) is 4.68 Å². The summed E-state index contributed by atoms with van der Waals surface area (Å²) in [6, 6.07) is 0. The largest absolute Gasteiger partial charge is 0.361 e. The second kappa shape index (κ2) is 4.09. The first-order valence-electron chi connectivity index (χ1n) is 4.92. The van der Waals surface area contributed by atoms with Gasteiger partial charge in [-0.3, -0.25) is 5.10 Å². The van der Waals surface area contributed by atoms with Crippen LogP contribution in [0.3, 0.4) is 0 Å². The van der Waals surface area contributed by atoms with Crippen LogP contribution in [-0.2, 0) is 12.8 Å². The number of H-pyrrole nitrogens is 1. The summed E-state index contributed by atoms with van der Waals surface area (Å²) >= 11 is 4.93. The molecule has 0 saturated carbocycles. The fourth-order valence-electron chi connectivity index (χ4n) is 1.61. The molecule has 0 aliphatic heterocycles. The van der Waals surface area contributed by atoms with Crippen LogP contribution in [-0.4, -0.2) is 20.0 Å². The molecule has 0 unspecified atom stereocenters. The smallest absolute Gasteiger partial charge is 0.214 e.